The van der Waals surface area contributed by atoms with Gasteiger partial charge in [-0.3, -0.25) is 14.8 Å². The van der Waals surface area contributed by atoms with Crippen LogP contribution < -0.4 is 5.32 Å². The number of carbonyl (C=O) groups is 1. The summed E-state index contributed by atoms with van der Waals surface area (Å²) in [7, 11) is 0. The van der Waals surface area contributed by atoms with Crippen molar-refractivity contribution in [3.05, 3.63) is 51.7 Å². The SMILES string of the molecule is Cc1nc(C)c(CNC(=O)c2ccc3nccnc3c2)s1. The van der Waals surface area contributed by atoms with Crippen molar-refractivity contribution in [3.8, 4) is 0 Å². The highest BCUT2D eigenvalue weighted by Gasteiger charge is 2.09. The molecule has 0 bridgehead atoms. The van der Waals surface area contributed by atoms with Gasteiger partial charge in [0.15, 0.2) is 0 Å². The van der Waals surface area contributed by atoms with Crippen LogP contribution in [0.4, 0.5) is 0 Å². The quantitative estimate of drug-likeness (QED) is 0.807. The van der Waals surface area contributed by atoms with Gasteiger partial charge in [0.2, 0.25) is 0 Å². The fraction of sp³-hybridized carbons (Fsp3) is 0.200. The van der Waals surface area contributed by atoms with Gasteiger partial charge in [0.05, 0.1) is 28.3 Å². The Morgan fingerprint density at radius 3 is 2.67 bits per heavy atom. The van der Waals surface area contributed by atoms with Gasteiger partial charge in [-0.25, -0.2) is 4.98 Å². The Morgan fingerprint density at radius 2 is 1.95 bits per heavy atom. The molecule has 0 unspecified atom stereocenters. The molecule has 21 heavy (non-hydrogen) atoms. The van der Waals surface area contributed by atoms with Gasteiger partial charge in [0.25, 0.3) is 5.91 Å². The van der Waals surface area contributed by atoms with Gasteiger partial charge in [-0.05, 0) is 32.0 Å². The molecule has 0 radical (unpaired) electrons. The van der Waals surface area contributed by atoms with E-state index in [4.69, 9.17) is 0 Å². The number of rotatable bonds is 3. The number of hydrogen-bond donors (Lipinski definition) is 1. The van der Waals surface area contributed by atoms with Crippen molar-refractivity contribution in [1.29, 1.82) is 0 Å². The van der Waals surface area contributed by atoms with E-state index in [0.717, 1.165) is 26.6 Å². The van der Waals surface area contributed by atoms with Crippen LogP contribution in [0.15, 0.2) is 30.6 Å². The summed E-state index contributed by atoms with van der Waals surface area (Å²) >= 11 is 1.61. The van der Waals surface area contributed by atoms with Gasteiger partial charge in [-0.1, -0.05) is 0 Å². The van der Waals surface area contributed by atoms with E-state index in [2.05, 4.69) is 20.3 Å². The van der Waals surface area contributed by atoms with Crippen molar-refractivity contribution in [1.82, 2.24) is 20.3 Å². The lowest BCUT2D eigenvalue weighted by molar-refractivity contribution is 0.0951. The van der Waals surface area contributed by atoms with E-state index in [-0.39, 0.29) is 5.91 Å². The van der Waals surface area contributed by atoms with Crippen molar-refractivity contribution >= 4 is 28.3 Å². The molecule has 0 atom stereocenters. The molecule has 1 aromatic carbocycles. The van der Waals surface area contributed by atoms with Crippen LogP contribution in [0.3, 0.4) is 0 Å². The molecular weight excluding hydrogens is 284 g/mol. The maximum atomic E-state index is 12.2. The third-order valence-electron chi connectivity index (χ3n) is 3.14. The molecule has 0 aliphatic rings. The van der Waals surface area contributed by atoms with Gasteiger partial charge in [0, 0.05) is 22.8 Å². The summed E-state index contributed by atoms with van der Waals surface area (Å²) in [6.45, 7) is 4.41. The van der Waals surface area contributed by atoms with E-state index >= 15 is 0 Å². The summed E-state index contributed by atoms with van der Waals surface area (Å²) in [6.07, 6.45) is 3.25. The van der Waals surface area contributed by atoms with E-state index in [1.807, 2.05) is 13.8 Å². The molecule has 0 fully saturated rings. The molecule has 1 amide bonds. The molecule has 3 aromatic rings. The first-order valence-electron chi connectivity index (χ1n) is 6.55. The second-order valence-electron chi connectivity index (χ2n) is 4.68. The van der Waals surface area contributed by atoms with E-state index in [9.17, 15) is 4.79 Å². The lowest BCUT2D eigenvalue weighted by Crippen LogP contribution is -2.22. The Kier molecular flexibility index (Phi) is 3.62. The van der Waals surface area contributed by atoms with E-state index in [1.165, 1.54) is 0 Å². The van der Waals surface area contributed by atoms with Gasteiger partial charge in [-0.2, -0.15) is 0 Å². The lowest BCUT2D eigenvalue weighted by atomic mass is 10.2. The average Bonchev–Trinajstić information content (AvgIpc) is 2.82. The molecule has 6 heteroatoms. The first-order chi connectivity index (χ1) is 10.1. The molecule has 0 saturated carbocycles. The molecule has 0 aliphatic carbocycles. The monoisotopic (exact) mass is 298 g/mol. The van der Waals surface area contributed by atoms with Crippen LogP contribution in [0.2, 0.25) is 0 Å². The fourth-order valence-electron chi connectivity index (χ4n) is 2.10. The molecule has 106 valence electrons. The molecule has 0 spiro atoms. The van der Waals surface area contributed by atoms with Crippen molar-refractivity contribution in [3.63, 3.8) is 0 Å². The molecule has 5 nitrogen and oxygen atoms in total. The normalized spacial score (nSPS) is 10.8. The zero-order valence-corrected chi connectivity index (χ0v) is 12.6. The number of benzene rings is 1. The molecular formula is C15H14N4OS. The van der Waals surface area contributed by atoms with Crippen molar-refractivity contribution < 1.29 is 4.79 Å². The summed E-state index contributed by atoms with van der Waals surface area (Å²) in [4.78, 5) is 26.0. The Morgan fingerprint density at radius 1 is 1.19 bits per heavy atom. The van der Waals surface area contributed by atoms with Crippen molar-refractivity contribution in [2.24, 2.45) is 0 Å². The first-order valence-corrected chi connectivity index (χ1v) is 7.37. The van der Waals surface area contributed by atoms with Crippen LogP contribution in [-0.4, -0.2) is 20.9 Å². The van der Waals surface area contributed by atoms with Crippen molar-refractivity contribution in [2.75, 3.05) is 0 Å². The fourth-order valence-corrected chi connectivity index (χ4v) is 2.98. The summed E-state index contributed by atoms with van der Waals surface area (Å²) in [6, 6.07) is 5.32. The zero-order valence-electron chi connectivity index (χ0n) is 11.8. The first kappa shape index (κ1) is 13.6. The summed E-state index contributed by atoms with van der Waals surface area (Å²) in [5.41, 5.74) is 3.06. The summed E-state index contributed by atoms with van der Waals surface area (Å²) in [5, 5.41) is 3.93. The molecule has 3 rings (SSSR count). The minimum Gasteiger partial charge on any atom is -0.347 e. The molecule has 2 heterocycles. The van der Waals surface area contributed by atoms with Gasteiger partial charge >= 0.3 is 0 Å². The third-order valence-corrected chi connectivity index (χ3v) is 4.21. The third kappa shape index (κ3) is 2.90. The van der Waals surface area contributed by atoms with E-state index in [1.54, 1.807) is 41.9 Å². The summed E-state index contributed by atoms with van der Waals surface area (Å²) in [5.74, 6) is -0.118. The maximum Gasteiger partial charge on any atom is 0.251 e. The standard InChI is InChI=1S/C15H14N4OS/c1-9-14(21-10(2)19-9)8-18-15(20)11-3-4-12-13(7-11)17-6-5-16-12/h3-7H,8H2,1-2H3,(H,18,20). The highest BCUT2D eigenvalue weighted by atomic mass is 32.1. The second kappa shape index (κ2) is 5.57. The van der Waals surface area contributed by atoms with Crippen molar-refractivity contribution in [2.45, 2.75) is 20.4 Å². The topological polar surface area (TPSA) is 67.8 Å². The highest BCUT2D eigenvalue weighted by molar-refractivity contribution is 7.11. The van der Waals surface area contributed by atoms with Crippen LogP contribution >= 0.6 is 11.3 Å². The Hall–Kier alpha value is -2.34. The molecule has 2 aromatic heterocycles. The Labute approximate surface area is 126 Å². The minimum atomic E-state index is -0.118. The number of aromatic nitrogens is 3. The molecule has 1 N–H and O–H groups in total. The lowest BCUT2D eigenvalue weighted by Gasteiger charge is -2.05. The van der Waals surface area contributed by atoms with E-state index < -0.39 is 0 Å². The maximum absolute atomic E-state index is 12.2. The minimum absolute atomic E-state index is 0.118. The van der Waals surface area contributed by atoms with Crippen LogP contribution in [0.1, 0.15) is 25.9 Å². The number of amides is 1. The number of aryl methyl sites for hydroxylation is 2. The average molecular weight is 298 g/mol. The zero-order chi connectivity index (χ0) is 14.8. The van der Waals surface area contributed by atoms with Gasteiger partial charge < -0.3 is 5.32 Å². The van der Waals surface area contributed by atoms with E-state index in [0.29, 0.717) is 12.1 Å². The number of nitrogens with zero attached hydrogens (tertiary/aromatic N) is 3. The van der Waals surface area contributed by atoms with Crippen LogP contribution in [0.25, 0.3) is 11.0 Å². The van der Waals surface area contributed by atoms with Crippen LogP contribution in [-0.2, 0) is 6.54 Å². The number of hydrogen-bond acceptors (Lipinski definition) is 5. The summed E-state index contributed by atoms with van der Waals surface area (Å²) < 4.78 is 0. The largest absolute Gasteiger partial charge is 0.347 e. The molecule has 0 aliphatic heterocycles. The number of fused-ring (bicyclic) bond motifs is 1. The predicted molar refractivity (Wildman–Crippen MR) is 82.3 cm³/mol. The highest BCUT2D eigenvalue weighted by Crippen LogP contribution is 2.17. The number of nitrogens with one attached hydrogen (secondary N) is 1. The van der Waals surface area contributed by atoms with Gasteiger partial charge in [-0.15, -0.1) is 11.3 Å². The number of carbonyl (C=O) groups excluding carboxylic acids is 1. The predicted octanol–water partition coefficient (Wildman–Crippen LogP) is 2.63. The van der Waals surface area contributed by atoms with Crippen LogP contribution in [0, 0.1) is 13.8 Å². The van der Waals surface area contributed by atoms with Crippen LogP contribution in [0.5, 0.6) is 0 Å². The smallest absolute Gasteiger partial charge is 0.251 e. The second-order valence-corrected chi connectivity index (χ2v) is 5.97. The number of thiazole rings is 1. The molecule has 0 saturated heterocycles. The Balaban J connectivity index is 1.76. The Bertz CT molecular complexity index is 812. The van der Waals surface area contributed by atoms with Gasteiger partial charge in [0.1, 0.15) is 0 Å².